The molecular weight excluding hydrogens is 372 g/mol. The second-order valence-electron chi connectivity index (χ2n) is 5.94. The minimum atomic E-state index is -0.950. The van der Waals surface area contributed by atoms with Crippen LogP contribution in [0.1, 0.15) is 40.3 Å². The van der Waals surface area contributed by atoms with Crippen LogP contribution in [0.3, 0.4) is 0 Å². The summed E-state index contributed by atoms with van der Waals surface area (Å²) in [5, 5.41) is 7.25. The lowest BCUT2D eigenvalue weighted by Gasteiger charge is -2.15. The number of carbonyl (C=O) groups excluding carboxylic acids is 1. The van der Waals surface area contributed by atoms with Crippen LogP contribution in [-0.4, -0.2) is 16.0 Å². The largest absolute Gasteiger partial charge is 0.361 e. The van der Waals surface area contributed by atoms with Crippen LogP contribution in [0.5, 0.6) is 0 Å². The third-order valence-electron chi connectivity index (χ3n) is 3.84. The van der Waals surface area contributed by atoms with Gasteiger partial charge in [-0.2, -0.15) is 0 Å². The van der Waals surface area contributed by atoms with Gasteiger partial charge in [-0.05, 0) is 43.7 Å². The molecule has 0 bridgehead atoms. The third-order valence-corrected chi connectivity index (χ3v) is 4.88. The molecule has 3 rings (SSSR count). The number of hydrogen-bond donors (Lipinski definition) is 1. The minimum absolute atomic E-state index is 0.348. The van der Waals surface area contributed by atoms with E-state index in [2.05, 4.69) is 15.5 Å². The number of aryl methyl sites for hydroxylation is 1. The van der Waals surface area contributed by atoms with Gasteiger partial charge >= 0.3 is 0 Å². The molecule has 0 spiro atoms. The monoisotopic (exact) mass is 389 g/mol. The summed E-state index contributed by atoms with van der Waals surface area (Å²) in [6, 6.07) is 8.21. The number of aromatic nitrogens is 2. The van der Waals surface area contributed by atoms with Crippen molar-refractivity contribution in [3.8, 4) is 0 Å². The minimum Gasteiger partial charge on any atom is -0.361 e. The first-order chi connectivity index (χ1) is 12.9. The number of hydrogen-bond acceptors (Lipinski definition) is 5. The Bertz CT molecular complexity index is 962. The molecule has 2 heterocycles. The van der Waals surface area contributed by atoms with Crippen LogP contribution in [0.25, 0.3) is 0 Å². The first-order valence-corrected chi connectivity index (χ1v) is 9.18. The molecule has 0 fully saturated rings. The van der Waals surface area contributed by atoms with Crippen molar-refractivity contribution in [2.24, 2.45) is 0 Å². The number of halogens is 2. The van der Waals surface area contributed by atoms with Crippen molar-refractivity contribution < 1.29 is 18.1 Å². The molecule has 0 aliphatic carbocycles. The molecule has 1 amide bonds. The zero-order valence-electron chi connectivity index (χ0n) is 14.7. The van der Waals surface area contributed by atoms with Crippen molar-refractivity contribution in [3.05, 3.63) is 76.8 Å². The zero-order chi connectivity index (χ0) is 19.4. The zero-order valence-corrected chi connectivity index (χ0v) is 15.5. The van der Waals surface area contributed by atoms with Crippen LogP contribution >= 0.6 is 11.8 Å². The lowest BCUT2D eigenvalue weighted by atomic mass is 10.1. The quantitative estimate of drug-likeness (QED) is 0.631. The maximum atomic E-state index is 13.4. The van der Waals surface area contributed by atoms with Crippen LogP contribution in [0.4, 0.5) is 8.78 Å². The van der Waals surface area contributed by atoms with Crippen LogP contribution in [0, 0.1) is 18.6 Å². The molecule has 1 atom stereocenters. The number of amides is 1. The Morgan fingerprint density at radius 1 is 1.26 bits per heavy atom. The highest BCUT2D eigenvalue weighted by atomic mass is 32.2. The fourth-order valence-electron chi connectivity index (χ4n) is 2.45. The molecule has 0 saturated carbocycles. The Labute approximate surface area is 159 Å². The van der Waals surface area contributed by atoms with Gasteiger partial charge in [-0.15, -0.1) is 0 Å². The molecule has 5 nitrogen and oxygen atoms in total. The van der Waals surface area contributed by atoms with E-state index in [0.717, 1.165) is 17.8 Å². The van der Waals surface area contributed by atoms with Crippen LogP contribution in [0.2, 0.25) is 0 Å². The van der Waals surface area contributed by atoms with E-state index in [0.29, 0.717) is 27.7 Å². The lowest BCUT2D eigenvalue weighted by Crippen LogP contribution is -2.27. The maximum absolute atomic E-state index is 13.4. The molecule has 0 aliphatic heterocycles. The number of nitrogens with one attached hydrogen (secondary N) is 1. The van der Waals surface area contributed by atoms with E-state index < -0.39 is 17.7 Å². The molecule has 140 valence electrons. The third kappa shape index (κ3) is 4.71. The van der Waals surface area contributed by atoms with Gasteiger partial charge in [0.15, 0.2) is 11.6 Å². The summed E-state index contributed by atoms with van der Waals surface area (Å²) in [6.45, 7) is 3.51. The summed E-state index contributed by atoms with van der Waals surface area (Å²) in [5.41, 5.74) is 1.63. The van der Waals surface area contributed by atoms with Crippen molar-refractivity contribution >= 4 is 17.7 Å². The maximum Gasteiger partial charge on any atom is 0.254 e. The molecule has 1 N–H and O–H groups in total. The molecule has 1 unspecified atom stereocenters. The average molecular weight is 389 g/mol. The Kier molecular flexibility index (Phi) is 5.85. The number of benzene rings is 1. The van der Waals surface area contributed by atoms with E-state index in [1.807, 2.05) is 6.07 Å². The van der Waals surface area contributed by atoms with Crippen LogP contribution < -0.4 is 5.32 Å². The predicted octanol–water partition coefficient (Wildman–Crippen LogP) is 4.44. The molecule has 1 aromatic carbocycles. The van der Waals surface area contributed by atoms with Crippen LogP contribution in [-0.2, 0) is 5.75 Å². The molecule has 27 heavy (non-hydrogen) atoms. The molecular formula is C19H17F2N3O2S. The topological polar surface area (TPSA) is 68.0 Å². The lowest BCUT2D eigenvalue weighted by molar-refractivity contribution is 0.0936. The summed E-state index contributed by atoms with van der Waals surface area (Å²) in [5.74, 6) is -1.00. The van der Waals surface area contributed by atoms with Crippen molar-refractivity contribution in [1.29, 1.82) is 0 Å². The highest BCUT2D eigenvalue weighted by Gasteiger charge is 2.17. The Balaban J connectivity index is 1.71. The number of thioether (sulfide) groups is 1. The van der Waals surface area contributed by atoms with Gasteiger partial charge in [-0.25, -0.2) is 13.8 Å². The second-order valence-corrected chi connectivity index (χ2v) is 6.91. The van der Waals surface area contributed by atoms with Gasteiger partial charge < -0.3 is 9.84 Å². The first kappa shape index (κ1) is 19.0. The van der Waals surface area contributed by atoms with Gasteiger partial charge in [0, 0.05) is 18.0 Å². The van der Waals surface area contributed by atoms with Crippen molar-refractivity contribution in [3.63, 3.8) is 0 Å². The van der Waals surface area contributed by atoms with E-state index in [-0.39, 0.29) is 5.91 Å². The highest BCUT2D eigenvalue weighted by molar-refractivity contribution is 7.98. The Hall–Kier alpha value is -2.74. The summed E-state index contributed by atoms with van der Waals surface area (Å²) in [7, 11) is 0. The van der Waals surface area contributed by atoms with Gasteiger partial charge in [0.1, 0.15) is 10.8 Å². The summed E-state index contributed by atoms with van der Waals surface area (Å²) >= 11 is 1.37. The SMILES string of the molecule is Cc1cc(CSc2ncccc2C(=O)NC(C)c2ccc(F)c(F)c2)no1. The molecule has 0 radical (unpaired) electrons. The van der Waals surface area contributed by atoms with Crippen molar-refractivity contribution in [2.75, 3.05) is 0 Å². The van der Waals surface area contributed by atoms with E-state index in [9.17, 15) is 13.6 Å². The average Bonchev–Trinajstić information content (AvgIpc) is 3.07. The highest BCUT2D eigenvalue weighted by Crippen LogP contribution is 2.25. The normalized spacial score (nSPS) is 12.0. The summed E-state index contributed by atoms with van der Waals surface area (Å²) in [4.78, 5) is 16.9. The first-order valence-electron chi connectivity index (χ1n) is 8.20. The van der Waals surface area contributed by atoms with Gasteiger partial charge in [0.05, 0.1) is 17.3 Å². The fraction of sp³-hybridized carbons (Fsp3) is 0.211. The summed E-state index contributed by atoms with van der Waals surface area (Å²) < 4.78 is 31.5. The number of rotatable bonds is 6. The number of pyridine rings is 1. The fourth-order valence-corrected chi connectivity index (χ4v) is 3.32. The second kappa shape index (κ2) is 8.30. The summed E-state index contributed by atoms with van der Waals surface area (Å²) in [6.07, 6.45) is 1.60. The molecule has 3 aromatic rings. The molecule has 0 aliphatic rings. The number of carbonyl (C=O) groups is 1. The van der Waals surface area contributed by atoms with Crippen molar-refractivity contribution in [2.45, 2.75) is 30.7 Å². The van der Waals surface area contributed by atoms with E-state index in [1.165, 1.54) is 17.8 Å². The van der Waals surface area contributed by atoms with E-state index in [4.69, 9.17) is 4.52 Å². The number of nitrogens with zero attached hydrogens (tertiary/aromatic N) is 2. The standard InChI is InChI=1S/C19H17F2N3O2S/c1-11-8-14(24-26-11)10-27-19-15(4-3-7-22-19)18(25)23-12(2)13-5-6-16(20)17(21)9-13/h3-9,12H,10H2,1-2H3,(H,23,25). The molecule has 8 heteroatoms. The van der Waals surface area contributed by atoms with Gasteiger partial charge in [-0.3, -0.25) is 4.79 Å². The smallest absolute Gasteiger partial charge is 0.254 e. The van der Waals surface area contributed by atoms with Gasteiger partial charge in [0.25, 0.3) is 5.91 Å². The van der Waals surface area contributed by atoms with E-state index in [1.54, 1.807) is 32.2 Å². The Morgan fingerprint density at radius 3 is 2.78 bits per heavy atom. The van der Waals surface area contributed by atoms with Gasteiger partial charge in [0.2, 0.25) is 0 Å². The van der Waals surface area contributed by atoms with E-state index >= 15 is 0 Å². The predicted molar refractivity (Wildman–Crippen MR) is 97.3 cm³/mol. The molecule has 0 saturated heterocycles. The Morgan fingerprint density at radius 2 is 2.07 bits per heavy atom. The van der Waals surface area contributed by atoms with Crippen molar-refractivity contribution in [1.82, 2.24) is 15.5 Å². The molecule has 2 aromatic heterocycles. The van der Waals surface area contributed by atoms with Crippen LogP contribution in [0.15, 0.2) is 52.1 Å². The van der Waals surface area contributed by atoms with Gasteiger partial charge in [-0.1, -0.05) is 23.0 Å².